The molecule has 33 heavy (non-hydrogen) atoms. The SMILES string of the molecule is COc1c(-n2cnc3ncnc(Cl)c32)ccc(C(=O)N(C2CCCCC2)C2CCCC2)c1C. The maximum absolute atomic E-state index is 14.0. The van der Waals surface area contributed by atoms with Crippen LogP contribution in [0.2, 0.25) is 5.15 Å². The molecule has 0 N–H and O–H groups in total. The van der Waals surface area contributed by atoms with Gasteiger partial charge < -0.3 is 9.64 Å². The Bertz CT molecular complexity index is 1170. The minimum absolute atomic E-state index is 0.132. The van der Waals surface area contributed by atoms with Crippen molar-refractivity contribution < 1.29 is 9.53 Å². The minimum atomic E-state index is 0.132. The number of nitrogens with zero attached hydrogens (tertiary/aromatic N) is 5. The molecule has 0 atom stereocenters. The second kappa shape index (κ2) is 9.29. The van der Waals surface area contributed by atoms with E-state index in [1.807, 2.05) is 23.6 Å². The molecule has 174 valence electrons. The highest BCUT2D eigenvalue weighted by molar-refractivity contribution is 6.33. The topological polar surface area (TPSA) is 73.1 Å². The molecule has 2 aliphatic rings. The van der Waals surface area contributed by atoms with Crippen molar-refractivity contribution in [3.05, 3.63) is 41.1 Å². The number of carbonyl (C=O) groups is 1. The highest BCUT2D eigenvalue weighted by Gasteiger charge is 2.35. The van der Waals surface area contributed by atoms with E-state index in [4.69, 9.17) is 16.3 Å². The first-order valence-corrected chi connectivity index (χ1v) is 12.3. The van der Waals surface area contributed by atoms with Gasteiger partial charge in [-0.2, -0.15) is 0 Å². The Kier molecular flexibility index (Phi) is 6.23. The van der Waals surface area contributed by atoms with Crippen LogP contribution in [0.5, 0.6) is 5.75 Å². The Hall–Kier alpha value is -2.67. The highest BCUT2D eigenvalue weighted by Crippen LogP contribution is 2.36. The van der Waals surface area contributed by atoms with E-state index in [1.165, 1.54) is 38.4 Å². The molecule has 0 saturated heterocycles. The normalized spacial score (nSPS) is 17.5. The van der Waals surface area contributed by atoms with Crippen LogP contribution >= 0.6 is 11.6 Å². The first kappa shape index (κ1) is 22.1. The molecule has 5 rings (SSSR count). The Morgan fingerprint density at radius 3 is 2.36 bits per heavy atom. The summed E-state index contributed by atoms with van der Waals surface area (Å²) in [7, 11) is 1.63. The molecule has 0 spiro atoms. The lowest BCUT2D eigenvalue weighted by molar-refractivity contribution is 0.0517. The van der Waals surface area contributed by atoms with Gasteiger partial charge >= 0.3 is 0 Å². The lowest BCUT2D eigenvalue weighted by Gasteiger charge is -2.39. The summed E-state index contributed by atoms with van der Waals surface area (Å²) in [6.07, 6.45) is 13.6. The molecule has 2 aromatic heterocycles. The predicted octanol–water partition coefficient (Wildman–Crippen LogP) is 5.50. The molecule has 1 amide bonds. The lowest BCUT2D eigenvalue weighted by atomic mass is 9.91. The van der Waals surface area contributed by atoms with E-state index in [2.05, 4.69) is 19.9 Å². The molecule has 0 bridgehead atoms. The maximum atomic E-state index is 14.0. The summed E-state index contributed by atoms with van der Waals surface area (Å²) >= 11 is 6.36. The average molecular weight is 468 g/mol. The number of fused-ring (bicyclic) bond motifs is 1. The molecule has 0 radical (unpaired) electrons. The molecular weight excluding hydrogens is 438 g/mol. The Morgan fingerprint density at radius 1 is 1.03 bits per heavy atom. The smallest absolute Gasteiger partial charge is 0.254 e. The molecule has 1 aromatic carbocycles. The van der Waals surface area contributed by atoms with Crippen molar-refractivity contribution in [1.82, 2.24) is 24.4 Å². The number of halogens is 1. The molecule has 2 heterocycles. The van der Waals surface area contributed by atoms with Crippen molar-refractivity contribution in [3.63, 3.8) is 0 Å². The standard InChI is InChI=1S/C25H30ClN5O2/c1-16-19(25(32)31(18-10-6-7-11-18)17-8-4-3-5-9-17)12-13-20(22(16)33-2)30-15-29-24-21(30)23(26)27-14-28-24/h12-15,17-18H,3-11H2,1-2H3. The Balaban J connectivity index is 1.56. The summed E-state index contributed by atoms with van der Waals surface area (Å²) in [4.78, 5) is 28.9. The third-order valence-corrected chi connectivity index (χ3v) is 7.57. The molecule has 2 aliphatic carbocycles. The fourth-order valence-corrected chi connectivity index (χ4v) is 5.89. The van der Waals surface area contributed by atoms with Crippen LogP contribution < -0.4 is 4.74 Å². The van der Waals surface area contributed by atoms with E-state index >= 15 is 0 Å². The second-order valence-corrected chi connectivity index (χ2v) is 9.54. The van der Waals surface area contributed by atoms with Crippen LogP contribution in [0.3, 0.4) is 0 Å². The third-order valence-electron chi connectivity index (χ3n) is 7.29. The van der Waals surface area contributed by atoms with E-state index in [0.717, 1.165) is 36.9 Å². The van der Waals surface area contributed by atoms with Crippen LogP contribution in [0.25, 0.3) is 16.9 Å². The van der Waals surface area contributed by atoms with Gasteiger partial charge in [0.05, 0.1) is 12.8 Å². The van der Waals surface area contributed by atoms with Crippen molar-refractivity contribution in [1.29, 1.82) is 0 Å². The van der Waals surface area contributed by atoms with Crippen molar-refractivity contribution in [2.75, 3.05) is 7.11 Å². The summed E-state index contributed by atoms with van der Waals surface area (Å²) in [6.45, 7) is 1.96. The summed E-state index contributed by atoms with van der Waals surface area (Å²) in [6, 6.07) is 4.52. The van der Waals surface area contributed by atoms with E-state index in [1.54, 1.807) is 13.4 Å². The molecule has 8 heteroatoms. The summed E-state index contributed by atoms with van der Waals surface area (Å²) in [5.74, 6) is 0.767. The van der Waals surface area contributed by atoms with E-state index in [-0.39, 0.29) is 5.91 Å². The number of carbonyl (C=O) groups excluding carboxylic acids is 1. The van der Waals surface area contributed by atoms with Gasteiger partial charge in [0, 0.05) is 23.2 Å². The van der Waals surface area contributed by atoms with E-state index in [0.29, 0.717) is 39.7 Å². The van der Waals surface area contributed by atoms with Crippen LogP contribution in [-0.4, -0.2) is 49.5 Å². The van der Waals surface area contributed by atoms with Crippen LogP contribution in [0.15, 0.2) is 24.8 Å². The number of hydrogen-bond acceptors (Lipinski definition) is 5. The maximum Gasteiger partial charge on any atom is 0.254 e. The molecule has 0 unspecified atom stereocenters. The monoisotopic (exact) mass is 467 g/mol. The van der Waals surface area contributed by atoms with Crippen molar-refractivity contribution in [2.45, 2.75) is 76.8 Å². The molecule has 2 saturated carbocycles. The highest BCUT2D eigenvalue weighted by atomic mass is 35.5. The predicted molar refractivity (Wildman–Crippen MR) is 128 cm³/mol. The van der Waals surface area contributed by atoms with Gasteiger partial charge in [0.2, 0.25) is 0 Å². The number of amides is 1. The van der Waals surface area contributed by atoms with Gasteiger partial charge in [-0.15, -0.1) is 0 Å². The number of rotatable bonds is 5. The summed E-state index contributed by atoms with van der Waals surface area (Å²) in [5, 5.41) is 0.321. The molecule has 3 aromatic rings. The van der Waals surface area contributed by atoms with Crippen molar-refractivity contribution in [2.24, 2.45) is 0 Å². The Labute approximate surface area is 199 Å². The summed E-state index contributed by atoms with van der Waals surface area (Å²) < 4.78 is 7.65. The van der Waals surface area contributed by atoms with E-state index < -0.39 is 0 Å². The first-order chi connectivity index (χ1) is 16.1. The number of aromatic nitrogens is 4. The van der Waals surface area contributed by atoms with Crippen LogP contribution in [0.1, 0.15) is 73.7 Å². The zero-order valence-electron chi connectivity index (χ0n) is 19.3. The number of imidazole rings is 1. The first-order valence-electron chi connectivity index (χ1n) is 11.9. The molecular formula is C25H30ClN5O2. The van der Waals surface area contributed by atoms with E-state index in [9.17, 15) is 4.79 Å². The number of ether oxygens (including phenoxy) is 1. The van der Waals surface area contributed by atoms with Crippen molar-refractivity contribution >= 4 is 28.7 Å². The van der Waals surface area contributed by atoms with Gasteiger partial charge in [-0.05, 0) is 44.7 Å². The fourth-order valence-electron chi connectivity index (χ4n) is 5.67. The zero-order chi connectivity index (χ0) is 22.9. The second-order valence-electron chi connectivity index (χ2n) is 9.18. The van der Waals surface area contributed by atoms with Gasteiger partial charge in [0.1, 0.15) is 23.9 Å². The largest absolute Gasteiger partial charge is 0.494 e. The number of methoxy groups -OCH3 is 1. The summed E-state index contributed by atoms with van der Waals surface area (Å²) in [5.41, 5.74) is 3.43. The Morgan fingerprint density at radius 2 is 1.70 bits per heavy atom. The van der Waals surface area contributed by atoms with Crippen LogP contribution in [-0.2, 0) is 0 Å². The molecule has 2 fully saturated rings. The lowest BCUT2D eigenvalue weighted by Crippen LogP contribution is -2.47. The number of hydrogen-bond donors (Lipinski definition) is 0. The third kappa shape index (κ3) is 3.97. The quantitative estimate of drug-likeness (QED) is 0.463. The van der Waals surface area contributed by atoms with Gasteiger partial charge in [-0.3, -0.25) is 9.36 Å². The van der Waals surface area contributed by atoms with Crippen LogP contribution in [0, 0.1) is 6.92 Å². The van der Waals surface area contributed by atoms with Gasteiger partial charge in [0.15, 0.2) is 10.8 Å². The fraction of sp³-hybridized carbons (Fsp3) is 0.520. The number of benzene rings is 1. The van der Waals surface area contributed by atoms with Crippen molar-refractivity contribution in [3.8, 4) is 11.4 Å². The zero-order valence-corrected chi connectivity index (χ0v) is 20.0. The van der Waals surface area contributed by atoms with Gasteiger partial charge in [-0.1, -0.05) is 43.7 Å². The molecule has 0 aliphatic heterocycles. The van der Waals surface area contributed by atoms with Crippen LogP contribution in [0.4, 0.5) is 0 Å². The minimum Gasteiger partial charge on any atom is -0.494 e. The van der Waals surface area contributed by atoms with Gasteiger partial charge in [-0.25, -0.2) is 15.0 Å². The average Bonchev–Trinajstić information content (AvgIpc) is 3.51. The van der Waals surface area contributed by atoms with Gasteiger partial charge in [0.25, 0.3) is 5.91 Å². The molecule has 7 nitrogen and oxygen atoms in total.